The average molecular weight is 264 g/mol. The molecule has 1 saturated heterocycles. The lowest BCUT2D eigenvalue weighted by atomic mass is 10.1. The first-order valence-electron chi connectivity index (χ1n) is 6.42. The van der Waals surface area contributed by atoms with Crippen molar-refractivity contribution in [2.45, 2.75) is 25.8 Å². The number of nitriles is 1. The molecule has 1 aromatic carbocycles. The second-order valence-electron chi connectivity index (χ2n) is 4.61. The molecule has 0 aliphatic carbocycles. The van der Waals surface area contributed by atoms with E-state index in [1.807, 2.05) is 6.07 Å². The Morgan fingerprint density at radius 1 is 1.56 bits per heavy atom. The Kier molecular flexibility index (Phi) is 4.46. The number of nitrogens with one attached hydrogen (secondary N) is 1. The van der Waals surface area contributed by atoms with Gasteiger partial charge in [-0.25, -0.2) is 0 Å². The molecule has 1 atom stereocenters. The summed E-state index contributed by atoms with van der Waals surface area (Å²) in [6.07, 6.45) is 2.45. The summed E-state index contributed by atoms with van der Waals surface area (Å²) in [7, 11) is 0. The summed E-state index contributed by atoms with van der Waals surface area (Å²) in [6.45, 7) is 5.03. The van der Waals surface area contributed by atoms with Gasteiger partial charge >= 0.3 is 0 Å². The highest BCUT2D eigenvalue weighted by molar-refractivity contribution is 6.30. The summed E-state index contributed by atoms with van der Waals surface area (Å²) >= 11 is 6.04. The average Bonchev–Trinajstić information content (AvgIpc) is 2.88. The molecule has 0 saturated carbocycles. The smallest absolute Gasteiger partial charge is 0.101 e. The van der Waals surface area contributed by atoms with E-state index in [0.29, 0.717) is 16.6 Å². The summed E-state index contributed by atoms with van der Waals surface area (Å²) in [5.41, 5.74) is 1.64. The molecule has 96 valence electrons. The monoisotopic (exact) mass is 263 g/mol. The van der Waals surface area contributed by atoms with Crippen LogP contribution in [0.4, 0.5) is 5.69 Å². The first kappa shape index (κ1) is 13.2. The number of hydrogen-bond donors (Lipinski definition) is 1. The normalized spacial score (nSPS) is 18.6. The molecule has 0 aromatic heterocycles. The summed E-state index contributed by atoms with van der Waals surface area (Å²) in [6, 6.07) is 8.22. The molecule has 1 aliphatic rings. The van der Waals surface area contributed by atoms with Gasteiger partial charge in [-0.3, -0.25) is 0 Å². The van der Waals surface area contributed by atoms with E-state index in [-0.39, 0.29) is 0 Å². The maximum absolute atomic E-state index is 9.18. The molecule has 0 spiro atoms. The number of anilines is 1. The third-order valence-electron chi connectivity index (χ3n) is 3.41. The molecule has 2 rings (SSSR count). The number of rotatable bonds is 4. The van der Waals surface area contributed by atoms with Gasteiger partial charge in [0.15, 0.2) is 0 Å². The van der Waals surface area contributed by atoms with Crippen LogP contribution in [0, 0.1) is 11.3 Å². The van der Waals surface area contributed by atoms with Crippen molar-refractivity contribution in [3.05, 3.63) is 28.8 Å². The first-order valence-corrected chi connectivity index (χ1v) is 6.80. The van der Waals surface area contributed by atoms with Crippen molar-refractivity contribution < 1.29 is 0 Å². The highest BCUT2D eigenvalue weighted by Gasteiger charge is 2.19. The van der Waals surface area contributed by atoms with E-state index < -0.39 is 0 Å². The van der Waals surface area contributed by atoms with Gasteiger partial charge in [-0.05, 0) is 44.5 Å². The fraction of sp³-hybridized carbons (Fsp3) is 0.500. The van der Waals surface area contributed by atoms with Gasteiger partial charge in [0.05, 0.1) is 11.3 Å². The van der Waals surface area contributed by atoms with Crippen LogP contribution in [0.3, 0.4) is 0 Å². The Hall–Kier alpha value is -1.24. The highest BCUT2D eigenvalue weighted by atomic mass is 35.5. The van der Waals surface area contributed by atoms with Crippen LogP contribution in [0.25, 0.3) is 0 Å². The molecule has 0 bridgehead atoms. The molecule has 1 heterocycles. The van der Waals surface area contributed by atoms with Crippen molar-refractivity contribution in [2.24, 2.45) is 0 Å². The lowest BCUT2D eigenvalue weighted by Crippen LogP contribution is -2.37. The van der Waals surface area contributed by atoms with Crippen LogP contribution in [-0.2, 0) is 0 Å². The van der Waals surface area contributed by atoms with Crippen LogP contribution in [-0.4, -0.2) is 25.7 Å². The van der Waals surface area contributed by atoms with Crippen molar-refractivity contribution in [3.8, 4) is 6.07 Å². The molecule has 3 nitrogen and oxygen atoms in total. The number of benzene rings is 1. The van der Waals surface area contributed by atoms with Gasteiger partial charge < -0.3 is 10.2 Å². The van der Waals surface area contributed by atoms with Gasteiger partial charge in [-0.1, -0.05) is 11.6 Å². The zero-order chi connectivity index (χ0) is 13.0. The molecule has 0 amide bonds. The largest absolute Gasteiger partial charge is 0.369 e. The summed E-state index contributed by atoms with van der Waals surface area (Å²) < 4.78 is 0. The van der Waals surface area contributed by atoms with E-state index in [9.17, 15) is 5.26 Å². The van der Waals surface area contributed by atoms with E-state index in [4.69, 9.17) is 11.6 Å². The molecule has 1 aromatic rings. The fourth-order valence-corrected chi connectivity index (χ4v) is 2.60. The minimum absolute atomic E-state index is 0.524. The van der Waals surface area contributed by atoms with E-state index >= 15 is 0 Å². The van der Waals surface area contributed by atoms with E-state index in [1.54, 1.807) is 12.1 Å². The summed E-state index contributed by atoms with van der Waals surface area (Å²) in [4.78, 5) is 2.23. The van der Waals surface area contributed by atoms with Crippen molar-refractivity contribution >= 4 is 17.3 Å². The summed E-state index contributed by atoms with van der Waals surface area (Å²) in [5.74, 6) is 0. The van der Waals surface area contributed by atoms with Gasteiger partial charge in [-0.15, -0.1) is 0 Å². The van der Waals surface area contributed by atoms with Gasteiger partial charge in [0.25, 0.3) is 0 Å². The minimum atomic E-state index is 0.524. The SMILES string of the molecule is CCN(CC1CCCN1)c1cc(Cl)ccc1C#N. The van der Waals surface area contributed by atoms with Gasteiger partial charge in [0.2, 0.25) is 0 Å². The van der Waals surface area contributed by atoms with Gasteiger partial charge in [-0.2, -0.15) is 5.26 Å². The molecular weight excluding hydrogens is 246 g/mol. The van der Waals surface area contributed by atoms with E-state index in [2.05, 4.69) is 23.2 Å². The molecule has 0 radical (unpaired) electrons. The van der Waals surface area contributed by atoms with Crippen LogP contribution < -0.4 is 10.2 Å². The van der Waals surface area contributed by atoms with Crippen molar-refractivity contribution in [2.75, 3.05) is 24.5 Å². The zero-order valence-corrected chi connectivity index (χ0v) is 11.4. The molecule has 18 heavy (non-hydrogen) atoms. The highest BCUT2D eigenvalue weighted by Crippen LogP contribution is 2.25. The predicted octanol–water partition coefficient (Wildman–Crippen LogP) is 2.79. The first-order chi connectivity index (χ1) is 8.74. The number of halogens is 1. The molecule has 1 fully saturated rings. The van der Waals surface area contributed by atoms with Crippen LogP contribution in [0.5, 0.6) is 0 Å². The topological polar surface area (TPSA) is 39.1 Å². The number of likely N-dealkylation sites (N-methyl/N-ethyl adjacent to an activating group) is 1. The Labute approximate surface area is 113 Å². The van der Waals surface area contributed by atoms with E-state index in [1.165, 1.54) is 12.8 Å². The third kappa shape index (κ3) is 2.95. The van der Waals surface area contributed by atoms with Crippen LogP contribution in [0.1, 0.15) is 25.3 Å². The molecular formula is C14H18ClN3. The fourth-order valence-electron chi connectivity index (χ4n) is 2.44. The second kappa shape index (κ2) is 6.08. The van der Waals surface area contributed by atoms with Crippen LogP contribution >= 0.6 is 11.6 Å². The Balaban J connectivity index is 2.20. The minimum Gasteiger partial charge on any atom is -0.369 e. The molecule has 4 heteroatoms. The van der Waals surface area contributed by atoms with Crippen LogP contribution in [0.2, 0.25) is 5.02 Å². The van der Waals surface area contributed by atoms with Gasteiger partial charge in [0, 0.05) is 24.2 Å². The second-order valence-corrected chi connectivity index (χ2v) is 5.04. The molecule has 1 N–H and O–H groups in total. The Morgan fingerprint density at radius 3 is 3.00 bits per heavy atom. The van der Waals surface area contributed by atoms with E-state index in [0.717, 1.165) is 25.3 Å². The van der Waals surface area contributed by atoms with Crippen molar-refractivity contribution in [3.63, 3.8) is 0 Å². The Morgan fingerprint density at radius 2 is 2.39 bits per heavy atom. The lowest BCUT2D eigenvalue weighted by Gasteiger charge is -2.27. The standard InChI is InChI=1S/C14H18ClN3/c1-2-18(10-13-4-3-7-17-13)14-8-12(15)6-5-11(14)9-16/h5-6,8,13,17H,2-4,7,10H2,1H3. The quantitative estimate of drug-likeness (QED) is 0.908. The lowest BCUT2D eigenvalue weighted by molar-refractivity contribution is 0.586. The maximum atomic E-state index is 9.18. The van der Waals surface area contributed by atoms with Gasteiger partial charge in [0.1, 0.15) is 6.07 Å². The molecule has 1 unspecified atom stereocenters. The number of nitrogens with zero attached hydrogens (tertiary/aromatic N) is 2. The zero-order valence-electron chi connectivity index (χ0n) is 10.6. The van der Waals surface area contributed by atoms with Crippen LogP contribution in [0.15, 0.2) is 18.2 Å². The number of hydrogen-bond acceptors (Lipinski definition) is 3. The molecule has 1 aliphatic heterocycles. The predicted molar refractivity (Wildman–Crippen MR) is 75.1 cm³/mol. The van der Waals surface area contributed by atoms with Crippen molar-refractivity contribution in [1.29, 1.82) is 5.26 Å². The maximum Gasteiger partial charge on any atom is 0.101 e. The Bertz CT molecular complexity index is 447. The van der Waals surface area contributed by atoms with Crippen molar-refractivity contribution in [1.82, 2.24) is 5.32 Å². The summed E-state index contributed by atoms with van der Waals surface area (Å²) in [5, 5.41) is 13.3. The third-order valence-corrected chi connectivity index (χ3v) is 3.64.